The third-order valence-corrected chi connectivity index (χ3v) is 5.11. The molecule has 0 unspecified atom stereocenters. The molecule has 1 heterocycles. The van der Waals surface area contributed by atoms with Crippen LogP contribution < -0.4 is 10.6 Å². The molecule has 0 aromatic heterocycles. The van der Waals surface area contributed by atoms with Crippen molar-refractivity contribution < 1.29 is 9.59 Å². The van der Waals surface area contributed by atoms with Gasteiger partial charge in [0.05, 0.1) is 13.1 Å². The van der Waals surface area contributed by atoms with E-state index in [1.54, 1.807) is 7.05 Å². The van der Waals surface area contributed by atoms with Gasteiger partial charge in [-0.2, -0.15) is 0 Å². The summed E-state index contributed by atoms with van der Waals surface area (Å²) < 4.78 is 0. The second kappa shape index (κ2) is 10.6. The van der Waals surface area contributed by atoms with Crippen molar-refractivity contribution in [2.45, 2.75) is 13.1 Å². The van der Waals surface area contributed by atoms with Gasteiger partial charge in [-0.3, -0.25) is 14.6 Å². The summed E-state index contributed by atoms with van der Waals surface area (Å²) in [6, 6.07) is 17.2. The lowest BCUT2D eigenvalue weighted by Gasteiger charge is -2.36. The van der Waals surface area contributed by atoms with Crippen molar-refractivity contribution >= 4 is 29.4 Å². The Morgan fingerprint density at radius 1 is 1.03 bits per heavy atom. The second-order valence-corrected chi connectivity index (χ2v) is 7.46. The van der Waals surface area contributed by atoms with E-state index in [0.29, 0.717) is 37.2 Å². The van der Waals surface area contributed by atoms with Gasteiger partial charge in [-0.05, 0) is 23.3 Å². The number of amides is 2. The molecule has 0 spiro atoms. The van der Waals surface area contributed by atoms with E-state index in [-0.39, 0.29) is 24.9 Å². The number of rotatable bonds is 6. The van der Waals surface area contributed by atoms with Gasteiger partial charge in [0.1, 0.15) is 0 Å². The van der Waals surface area contributed by atoms with Crippen molar-refractivity contribution in [2.75, 3.05) is 33.2 Å². The molecule has 1 fully saturated rings. The minimum atomic E-state index is -0.132. The number of piperazine rings is 1. The molecular weight excluding hydrogens is 402 g/mol. The minimum absolute atomic E-state index is 0.0210. The Morgan fingerprint density at radius 2 is 1.77 bits per heavy atom. The van der Waals surface area contributed by atoms with Crippen LogP contribution in [-0.4, -0.2) is 60.8 Å². The highest BCUT2D eigenvalue weighted by molar-refractivity contribution is 6.30. The number of halogens is 1. The van der Waals surface area contributed by atoms with Crippen LogP contribution in [0.15, 0.2) is 59.6 Å². The Hall–Kier alpha value is -3.06. The Morgan fingerprint density at radius 3 is 2.43 bits per heavy atom. The van der Waals surface area contributed by atoms with Crippen LogP contribution in [0.2, 0.25) is 5.02 Å². The number of guanidine groups is 1. The van der Waals surface area contributed by atoms with Gasteiger partial charge in [0, 0.05) is 38.2 Å². The molecule has 1 saturated heterocycles. The van der Waals surface area contributed by atoms with Crippen molar-refractivity contribution in [1.29, 1.82) is 0 Å². The molecule has 0 aliphatic carbocycles. The molecule has 0 atom stereocenters. The van der Waals surface area contributed by atoms with Crippen molar-refractivity contribution in [2.24, 2.45) is 4.99 Å². The highest BCUT2D eigenvalue weighted by atomic mass is 35.5. The van der Waals surface area contributed by atoms with Crippen LogP contribution in [0.1, 0.15) is 11.1 Å². The van der Waals surface area contributed by atoms with Crippen LogP contribution in [0.4, 0.5) is 0 Å². The largest absolute Gasteiger partial charge is 0.350 e. The highest BCUT2D eigenvalue weighted by Gasteiger charge is 2.26. The second-order valence-electron chi connectivity index (χ2n) is 7.03. The fourth-order valence-corrected chi connectivity index (χ4v) is 3.34. The summed E-state index contributed by atoms with van der Waals surface area (Å²) in [4.78, 5) is 32.6. The lowest BCUT2D eigenvalue weighted by atomic mass is 10.2. The number of benzene rings is 2. The summed E-state index contributed by atoms with van der Waals surface area (Å²) in [5.74, 6) is 0.435. The minimum Gasteiger partial charge on any atom is -0.350 e. The normalized spacial score (nSPS) is 14.6. The zero-order valence-electron chi connectivity index (χ0n) is 17.0. The first-order chi connectivity index (χ1) is 14.5. The first-order valence-electron chi connectivity index (χ1n) is 9.83. The molecule has 0 saturated carbocycles. The van der Waals surface area contributed by atoms with Crippen molar-refractivity contribution in [1.82, 2.24) is 20.4 Å². The predicted octanol–water partition coefficient (Wildman–Crippen LogP) is 1.88. The SMILES string of the molecule is CN=C(NCC(=O)NCc1ccccc1)N1CCN(Cc2ccc(Cl)cc2)C(=O)C1. The van der Waals surface area contributed by atoms with Crippen LogP contribution in [0.25, 0.3) is 0 Å². The fraction of sp³-hybridized carbons (Fsp3) is 0.318. The standard InChI is InChI=1S/C22H26ClN5O2/c1-24-22(26-14-20(29)25-13-17-5-3-2-4-6-17)28-12-11-27(21(30)16-28)15-18-7-9-19(23)10-8-18/h2-10H,11-16H2,1H3,(H,24,26)(H,25,29). The van der Waals surface area contributed by atoms with Crippen LogP contribution >= 0.6 is 11.6 Å². The molecule has 3 rings (SSSR count). The summed E-state index contributed by atoms with van der Waals surface area (Å²) in [6.07, 6.45) is 0. The molecule has 2 amide bonds. The van der Waals surface area contributed by atoms with Gasteiger partial charge in [0.25, 0.3) is 0 Å². The zero-order valence-corrected chi connectivity index (χ0v) is 17.7. The van der Waals surface area contributed by atoms with Gasteiger partial charge >= 0.3 is 0 Å². The molecule has 8 heteroatoms. The van der Waals surface area contributed by atoms with E-state index in [2.05, 4.69) is 15.6 Å². The third kappa shape index (κ3) is 6.22. The van der Waals surface area contributed by atoms with Crippen molar-refractivity contribution in [3.05, 3.63) is 70.7 Å². The number of hydrogen-bond acceptors (Lipinski definition) is 3. The monoisotopic (exact) mass is 427 g/mol. The fourth-order valence-electron chi connectivity index (χ4n) is 3.22. The maximum Gasteiger partial charge on any atom is 0.242 e. The van der Waals surface area contributed by atoms with Gasteiger partial charge in [0.2, 0.25) is 11.8 Å². The van der Waals surface area contributed by atoms with Crippen LogP contribution in [0.5, 0.6) is 0 Å². The van der Waals surface area contributed by atoms with Crippen molar-refractivity contribution in [3.63, 3.8) is 0 Å². The molecule has 30 heavy (non-hydrogen) atoms. The lowest BCUT2D eigenvalue weighted by molar-refractivity contribution is -0.135. The van der Waals surface area contributed by atoms with Gasteiger partial charge in [-0.25, -0.2) is 0 Å². The van der Waals surface area contributed by atoms with Gasteiger partial charge in [-0.15, -0.1) is 0 Å². The van der Waals surface area contributed by atoms with Gasteiger partial charge in [-0.1, -0.05) is 54.1 Å². The first kappa shape index (κ1) is 21.6. The van der Waals surface area contributed by atoms with E-state index < -0.39 is 0 Å². The first-order valence-corrected chi connectivity index (χ1v) is 10.2. The molecule has 7 nitrogen and oxygen atoms in total. The molecular formula is C22H26ClN5O2. The molecule has 2 aromatic rings. The summed E-state index contributed by atoms with van der Waals surface area (Å²) in [5.41, 5.74) is 2.08. The molecule has 0 bridgehead atoms. The quantitative estimate of drug-likeness (QED) is 0.545. The number of hydrogen-bond donors (Lipinski definition) is 2. The van der Waals surface area contributed by atoms with E-state index in [4.69, 9.17) is 11.6 Å². The van der Waals surface area contributed by atoms with E-state index in [1.807, 2.05) is 64.4 Å². The zero-order chi connectivity index (χ0) is 21.3. The number of aliphatic imine (C=N–C) groups is 1. The van der Waals surface area contributed by atoms with Gasteiger partial charge < -0.3 is 20.4 Å². The molecule has 158 valence electrons. The Balaban J connectivity index is 1.45. The summed E-state index contributed by atoms with van der Waals surface area (Å²) in [5, 5.41) is 6.59. The predicted molar refractivity (Wildman–Crippen MR) is 118 cm³/mol. The maximum absolute atomic E-state index is 12.6. The molecule has 1 aliphatic rings. The molecule has 2 aromatic carbocycles. The number of carbonyl (C=O) groups is 2. The molecule has 2 N–H and O–H groups in total. The maximum atomic E-state index is 12.6. The van der Waals surface area contributed by atoms with Crippen LogP contribution in [0.3, 0.4) is 0 Å². The third-order valence-electron chi connectivity index (χ3n) is 4.86. The lowest BCUT2D eigenvalue weighted by Crippen LogP contribution is -2.55. The van der Waals surface area contributed by atoms with Crippen LogP contribution in [-0.2, 0) is 22.7 Å². The summed E-state index contributed by atoms with van der Waals surface area (Å²) in [7, 11) is 1.65. The summed E-state index contributed by atoms with van der Waals surface area (Å²) >= 11 is 5.92. The topological polar surface area (TPSA) is 77.0 Å². The number of nitrogens with one attached hydrogen (secondary N) is 2. The average Bonchev–Trinajstić information content (AvgIpc) is 2.76. The smallest absolute Gasteiger partial charge is 0.242 e. The highest BCUT2D eigenvalue weighted by Crippen LogP contribution is 2.13. The molecule has 0 radical (unpaired) electrons. The number of nitrogens with zero attached hydrogens (tertiary/aromatic N) is 3. The van der Waals surface area contributed by atoms with E-state index in [0.717, 1.165) is 11.1 Å². The van der Waals surface area contributed by atoms with Crippen LogP contribution in [0, 0.1) is 0 Å². The number of carbonyl (C=O) groups excluding carboxylic acids is 2. The average molecular weight is 428 g/mol. The Kier molecular flexibility index (Phi) is 7.68. The van der Waals surface area contributed by atoms with Crippen molar-refractivity contribution in [3.8, 4) is 0 Å². The van der Waals surface area contributed by atoms with E-state index >= 15 is 0 Å². The Bertz CT molecular complexity index is 886. The molecule has 1 aliphatic heterocycles. The Labute approximate surface area is 181 Å². The van der Waals surface area contributed by atoms with E-state index in [9.17, 15) is 9.59 Å². The van der Waals surface area contributed by atoms with E-state index in [1.165, 1.54) is 0 Å². The van der Waals surface area contributed by atoms with Gasteiger partial charge in [0.15, 0.2) is 5.96 Å². The summed E-state index contributed by atoms with van der Waals surface area (Å²) in [6.45, 7) is 2.57.